The van der Waals surface area contributed by atoms with Gasteiger partial charge in [-0.1, -0.05) is 6.07 Å². The average Bonchev–Trinajstić information content (AvgIpc) is 2.74. The summed E-state index contributed by atoms with van der Waals surface area (Å²) in [6.07, 6.45) is 4.35. The van der Waals surface area contributed by atoms with Gasteiger partial charge in [0.25, 0.3) is 0 Å². The Morgan fingerprint density at radius 2 is 2.16 bits per heavy atom. The second-order valence-electron chi connectivity index (χ2n) is 8.82. The summed E-state index contributed by atoms with van der Waals surface area (Å²) in [6, 6.07) is 6.61. The molecule has 0 spiro atoms. The second-order valence-corrected chi connectivity index (χ2v) is 10.2. The number of methoxy groups -OCH3 is 1. The summed E-state index contributed by atoms with van der Waals surface area (Å²) < 4.78 is 5.15. The van der Waals surface area contributed by atoms with Crippen molar-refractivity contribution in [2.45, 2.75) is 75.1 Å². The Bertz CT molecular complexity index is 764. The fraction of sp³-hybridized carbons (Fsp3) is 0.667. The lowest BCUT2D eigenvalue weighted by Crippen LogP contribution is -2.52. The minimum absolute atomic E-state index is 0.0855. The number of ether oxygens (including phenoxy) is 1. The minimum atomic E-state index is -0.0855. The number of thioether (sulfide) groups is 1. The van der Waals surface area contributed by atoms with Gasteiger partial charge >= 0.3 is 0 Å². The van der Waals surface area contributed by atoms with E-state index in [1.54, 1.807) is 18.9 Å². The summed E-state index contributed by atoms with van der Waals surface area (Å²) in [5.41, 5.74) is 1.93. The number of benzene rings is 1. The highest BCUT2D eigenvalue weighted by Crippen LogP contribution is 2.40. The van der Waals surface area contributed by atoms with Gasteiger partial charge in [-0.05, 0) is 70.7 Å². The summed E-state index contributed by atoms with van der Waals surface area (Å²) in [5, 5.41) is 3.34. The first-order valence-electron chi connectivity index (χ1n) is 11.5. The van der Waals surface area contributed by atoms with Gasteiger partial charge in [0.1, 0.15) is 0 Å². The third-order valence-corrected chi connectivity index (χ3v) is 7.23. The molecule has 1 saturated heterocycles. The zero-order chi connectivity index (χ0) is 22.4. The van der Waals surface area contributed by atoms with Crippen molar-refractivity contribution in [1.82, 2.24) is 10.2 Å². The zero-order valence-electron chi connectivity index (χ0n) is 19.4. The van der Waals surface area contributed by atoms with Gasteiger partial charge in [0.05, 0.1) is 17.4 Å². The van der Waals surface area contributed by atoms with Crippen molar-refractivity contribution in [2.75, 3.05) is 38.3 Å². The molecular weight excluding hydrogens is 410 g/mol. The number of hydrogen-bond acceptors (Lipinski definition) is 5. The predicted octanol–water partition coefficient (Wildman–Crippen LogP) is 3.47. The van der Waals surface area contributed by atoms with Gasteiger partial charge in [0.2, 0.25) is 11.8 Å². The van der Waals surface area contributed by atoms with Crippen molar-refractivity contribution < 1.29 is 14.3 Å². The van der Waals surface area contributed by atoms with Crippen LogP contribution in [0.2, 0.25) is 0 Å². The fourth-order valence-corrected chi connectivity index (χ4v) is 5.60. The Hall–Kier alpha value is -1.57. The maximum Gasteiger partial charge on any atom is 0.240 e. The van der Waals surface area contributed by atoms with Gasteiger partial charge in [0, 0.05) is 43.8 Å². The van der Waals surface area contributed by atoms with Crippen LogP contribution in [0.15, 0.2) is 23.1 Å². The summed E-state index contributed by atoms with van der Waals surface area (Å²) in [5.74, 6) is 0.314. The molecule has 1 fully saturated rings. The van der Waals surface area contributed by atoms with Crippen LogP contribution < -0.4 is 10.2 Å². The first kappa shape index (κ1) is 24.1. The van der Waals surface area contributed by atoms with Crippen molar-refractivity contribution >= 4 is 29.3 Å². The van der Waals surface area contributed by atoms with E-state index < -0.39 is 0 Å². The molecule has 172 valence electrons. The van der Waals surface area contributed by atoms with Gasteiger partial charge in [-0.15, -0.1) is 11.8 Å². The Kier molecular flexibility index (Phi) is 8.81. The number of rotatable bonds is 9. The Morgan fingerprint density at radius 3 is 2.84 bits per heavy atom. The van der Waals surface area contributed by atoms with Gasteiger partial charge in [0.15, 0.2) is 0 Å². The van der Waals surface area contributed by atoms with Gasteiger partial charge < -0.3 is 19.9 Å². The molecule has 0 radical (unpaired) electrons. The van der Waals surface area contributed by atoms with E-state index in [9.17, 15) is 9.59 Å². The van der Waals surface area contributed by atoms with Crippen molar-refractivity contribution in [2.24, 2.45) is 0 Å². The van der Waals surface area contributed by atoms with Gasteiger partial charge in [-0.2, -0.15) is 0 Å². The van der Waals surface area contributed by atoms with E-state index in [1.807, 2.05) is 17.9 Å². The number of amides is 2. The first-order chi connectivity index (χ1) is 14.9. The molecule has 0 aliphatic carbocycles. The Morgan fingerprint density at radius 1 is 1.35 bits per heavy atom. The van der Waals surface area contributed by atoms with E-state index in [0.29, 0.717) is 19.6 Å². The van der Waals surface area contributed by atoms with E-state index in [2.05, 4.69) is 36.2 Å². The number of carbonyl (C=O) groups is 2. The number of nitrogens with zero attached hydrogens (tertiary/aromatic N) is 2. The molecule has 1 N–H and O–H groups in total. The highest BCUT2D eigenvalue weighted by Gasteiger charge is 2.31. The molecule has 1 aromatic carbocycles. The number of carbonyl (C=O) groups excluding carboxylic acids is 2. The smallest absolute Gasteiger partial charge is 0.240 e. The van der Waals surface area contributed by atoms with E-state index in [-0.39, 0.29) is 29.1 Å². The highest BCUT2D eigenvalue weighted by atomic mass is 32.2. The van der Waals surface area contributed by atoms with E-state index in [1.165, 1.54) is 0 Å². The van der Waals surface area contributed by atoms with Gasteiger partial charge in [-0.25, -0.2) is 0 Å². The SMILES string of the molecule is COCCCCN1C(=O)[C@@H](C)Sc2ccc(CC(=O)N(C(C)C)[C@@H]3CCCNC3)cc21. The minimum Gasteiger partial charge on any atom is -0.385 e. The third-order valence-electron chi connectivity index (χ3n) is 6.08. The molecule has 0 aromatic heterocycles. The van der Waals surface area contributed by atoms with Crippen LogP contribution in [0.1, 0.15) is 52.0 Å². The molecule has 31 heavy (non-hydrogen) atoms. The lowest BCUT2D eigenvalue weighted by Gasteiger charge is -2.38. The van der Waals surface area contributed by atoms with Crippen molar-refractivity contribution in [3.63, 3.8) is 0 Å². The maximum atomic E-state index is 13.3. The Labute approximate surface area is 191 Å². The van der Waals surface area contributed by atoms with Crippen molar-refractivity contribution in [3.8, 4) is 0 Å². The number of piperidine rings is 1. The first-order valence-corrected chi connectivity index (χ1v) is 12.4. The normalized spacial score (nSPS) is 21.3. The molecule has 2 amide bonds. The highest BCUT2D eigenvalue weighted by molar-refractivity contribution is 8.01. The molecule has 0 unspecified atom stereocenters. The van der Waals surface area contributed by atoms with Crippen LogP contribution in [0.4, 0.5) is 5.69 Å². The van der Waals surface area contributed by atoms with Gasteiger partial charge in [-0.3, -0.25) is 9.59 Å². The van der Waals surface area contributed by atoms with Crippen molar-refractivity contribution in [3.05, 3.63) is 23.8 Å². The lowest BCUT2D eigenvalue weighted by atomic mass is 10.0. The zero-order valence-corrected chi connectivity index (χ0v) is 20.2. The molecule has 1 aromatic rings. The van der Waals surface area contributed by atoms with Crippen LogP contribution in [0.25, 0.3) is 0 Å². The molecule has 6 nitrogen and oxygen atoms in total. The fourth-order valence-electron chi connectivity index (χ4n) is 4.56. The average molecular weight is 448 g/mol. The topological polar surface area (TPSA) is 61.9 Å². The standard InChI is InChI=1S/C24H37N3O3S/c1-17(2)27(20-8-7-11-25-16-20)23(28)15-19-9-10-22-21(14-19)26(12-5-6-13-30-4)24(29)18(3)31-22/h9-10,14,17-18,20,25H,5-8,11-13,15-16H2,1-4H3/t18-,20-/m1/s1. The number of fused-ring (bicyclic) bond motifs is 1. The summed E-state index contributed by atoms with van der Waals surface area (Å²) >= 11 is 1.61. The molecule has 2 heterocycles. The van der Waals surface area contributed by atoms with Crippen LogP contribution in [-0.4, -0.2) is 67.4 Å². The number of nitrogens with one attached hydrogen (secondary N) is 1. The third kappa shape index (κ3) is 6.02. The molecule has 0 bridgehead atoms. The van der Waals surface area contributed by atoms with Crippen LogP contribution in [0, 0.1) is 0 Å². The quantitative estimate of drug-likeness (QED) is 0.588. The maximum absolute atomic E-state index is 13.3. The molecule has 2 atom stereocenters. The number of hydrogen-bond donors (Lipinski definition) is 1. The molecule has 2 aliphatic heterocycles. The Balaban J connectivity index is 1.76. The summed E-state index contributed by atoms with van der Waals surface area (Å²) in [4.78, 5) is 31.2. The molecule has 3 rings (SSSR count). The lowest BCUT2D eigenvalue weighted by molar-refractivity contribution is -0.135. The van der Waals surface area contributed by atoms with Crippen LogP contribution in [0.3, 0.4) is 0 Å². The number of anilines is 1. The summed E-state index contributed by atoms with van der Waals surface area (Å²) in [7, 11) is 1.70. The van der Waals surface area contributed by atoms with Crippen LogP contribution in [-0.2, 0) is 20.7 Å². The monoisotopic (exact) mass is 447 g/mol. The van der Waals surface area contributed by atoms with E-state index >= 15 is 0 Å². The molecular formula is C24H37N3O3S. The molecule has 2 aliphatic rings. The molecule has 0 saturated carbocycles. The van der Waals surface area contributed by atoms with E-state index in [4.69, 9.17) is 4.74 Å². The largest absolute Gasteiger partial charge is 0.385 e. The summed E-state index contributed by atoms with van der Waals surface area (Å²) in [6.45, 7) is 9.44. The van der Waals surface area contributed by atoms with E-state index in [0.717, 1.165) is 54.9 Å². The van der Waals surface area contributed by atoms with Crippen LogP contribution >= 0.6 is 11.8 Å². The number of unbranched alkanes of at least 4 members (excludes halogenated alkanes) is 1. The van der Waals surface area contributed by atoms with Crippen LogP contribution in [0.5, 0.6) is 0 Å². The van der Waals surface area contributed by atoms with Crippen molar-refractivity contribution in [1.29, 1.82) is 0 Å². The predicted molar refractivity (Wildman–Crippen MR) is 127 cm³/mol. The molecule has 7 heteroatoms. The second kappa shape index (κ2) is 11.3.